The highest BCUT2D eigenvalue weighted by Crippen LogP contribution is 2.25. The standard InChI is InChI=1S/C35H32ClN5O3/c1-38(22-30-24-41(23-29-13-7-8-14-31(29)36)37-32(30)26-10-3-2-4-11-26)34(43)35(44)40-19-17-39(18-20-40)33(42)28-16-15-25-9-5-6-12-27(25)21-28/h2-16,21,24H,17-20,22-23H2,1H3. The summed E-state index contributed by atoms with van der Waals surface area (Å²) in [6, 6.07) is 31.0. The summed E-state index contributed by atoms with van der Waals surface area (Å²) < 4.78 is 1.81. The Morgan fingerprint density at radius 3 is 2.18 bits per heavy atom. The minimum atomic E-state index is -0.600. The molecule has 4 aromatic carbocycles. The van der Waals surface area contributed by atoms with Gasteiger partial charge in [0, 0.05) is 67.7 Å². The number of rotatable bonds is 6. The van der Waals surface area contributed by atoms with Crippen molar-refractivity contribution >= 4 is 40.1 Å². The SMILES string of the molecule is CN(Cc1cn(Cc2ccccc2Cl)nc1-c1ccccc1)C(=O)C(=O)N1CCN(C(=O)c2ccc3ccccc3c2)CC1. The van der Waals surface area contributed by atoms with Crippen LogP contribution in [0, 0.1) is 0 Å². The molecule has 1 fully saturated rings. The molecular weight excluding hydrogens is 574 g/mol. The smallest absolute Gasteiger partial charge is 0.312 e. The molecule has 1 saturated heterocycles. The van der Waals surface area contributed by atoms with E-state index in [0.29, 0.717) is 43.3 Å². The van der Waals surface area contributed by atoms with Crippen LogP contribution < -0.4 is 0 Å². The zero-order chi connectivity index (χ0) is 30.6. The maximum atomic E-state index is 13.3. The number of halogens is 1. The molecule has 0 bridgehead atoms. The second kappa shape index (κ2) is 12.7. The number of nitrogens with zero attached hydrogens (tertiary/aromatic N) is 5. The second-order valence-corrected chi connectivity index (χ2v) is 11.4. The Labute approximate surface area is 261 Å². The van der Waals surface area contributed by atoms with Gasteiger partial charge in [0.05, 0.1) is 12.2 Å². The number of hydrogen-bond acceptors (Lipinski definition) is 4. The normalized spacial score (nSPS) is 13.2. The van der Waals surface area contributed by atoms with E-state index in [0.717, 1.165) is 33.2 Å². The van der Waals surface area contributed by atoms with Crippen LogP contribution in [0.25, 0.3) is 22.0 Å². The number of fused-ring (bicyclic) bond motifs is 1. The Morgan fingerprint density at radius 2 is 1.43 bits per heavy atom. The molecule has 6 rings (SSSR count). The second-order valence-electron chi connectivity index (χ2n) is 11.0. The van der Waals surface area contributed by atoms with E-state index < -0.39 is 11.8 Å². The summed E-state index contributed by atoms with van der Waals surface area (Å²) in [4.78, 5) is 44.4. The van der Waals surface area contributed by atoms with Crippen LogP contribution in [-0.4, -0.2) is 75.4 Å². The van der Waals surface area contributed by atoms with Gasteiger partial charge in [0.25, 0.3) is 5.91 Å². The quantitative estimate of drug-likeness (QED) is 0.245. The fourth-order valence-corrected chi connectivity index (χ4v) is 5.74. The molecule has 1 aliphatic rings. The first-order valence-corrected chi connectivity index (χ1v) is 14.9. The molecule has 44 heavy (non-hydrogen) atoms. The van der Waals surface area contributed by atoms with Crippen molar-refractivity contribution in [2.75, 3.05) is 33.2 Å². The number of likely N-dealkylation sites (N-methyl/N-ethyl adjacent to an activating group) is 1. The zero-order valence-corrected chi connectivity index (χ0v) is 25.2. The highest BCUT2D eigenvalue weighted by molar-refractivity contribution is 6.34. The Bertz CT molecular complexity index is 1830. The van der Waals surface area contributed by atoms with Crippen molar-refractivity contribution in [1.29, 1.82) is 0 Å². The van der Waals surface area contributed by atoms with Crippen LogP contribution in [0.5, 0.6) is 0 Å². The number of hydrogen-bond donors (Lipinski definition) is 0. The van der Waals surface area contributed by atoms with E-state index in [1.54, 1.807) is 11.9 Å². The molecule has 3 amide bonds. The maximum Gasteiger partial charge on any atom is 0.312 e. The lowest BCUT2D eigenvalue weighted by Crippen LogP contribution is -2.53. The highest BCUT2D eigenvalue weighted by Gasteiger charge is 2.30. The van der Waals surface area contributed by atoms with Crippen LogP contribution in [0.4, 0.5) is 0 Å². The van der Waals surface area contributed by atoms with Gasteiger partial charge in [-0.25, -0.2) is 0 Å². The fraction of sp³-hybridized carbons (Fsp3) is 0.200. The zero-order valence-electron chi connectivity index (χ0n) is 24.4. The molecule has 0 radical (unpaired) electrons. The molecule has 0 N–H and O–H groups in total. The molecule has 9 heteroatoms. The van der Waals surface area contributed by atoms with Crippen molar-refractivity contribution in [3.8, 4) is 11.3 Å². The van der Waals surface area contributed by atoms with Crippen LogP contribution in [0.2, 0.25) is 5.02 Å². The van der Waals surface area contributed by atoms with E-state index in [2.05, 4.69) is 0 Å². The molecule has 0 aliphatic carbocycles. The first-order chi connectivity index (χ1) is 21.4. The van der Waals surface area contributed by atoms with Gasteiger partial charge in [0.15, 0.2) is 0 Å². The number of piperazine rings is 1. The molecule has 8 nitrogen and oxygen atoms in total. The lowest BCUT2D eigenvalue weighted by molar-refractivity contribution is -0.152. The van der Waals surface area contributed by atoms with E-state index in [1.807, 2.05) is 108 Å². The average Bonchev–Trinajstić information content (AvgIpc) is 3.46. The molecule has 0 saturated carbocycles. The monoisotopic (exact) mass is 605 g/mol. The van der Waals surface area contributed by atoms with Gasteiger partial charge in [-0.2, -0.15) is 5.10 Å². The first kappa shape index (κ1) is 29.1. The third-order valence-electron chi connectivity index (χ3n) is 7.96. The predicted molar refractivity (Wildman–Crippen MR) is 171 cm³/mol. The number of carbonyl (C=O) groups excluding carboxylic acids is 3. The molecule has 0 spiro atoms. The highest BCUT2D eigenvalue weighted by atomic mass is 35.5. The Kier molecular flexibility index (Phi) is 8.43. The van der Waals surface area contributed by atoms with Gasteiger partial charge < -0.3 is 14.7 Å². The van der Waals surface area contributed by atoms with Gasteiger partial charge in [-0.15, -0.1) is 0 Å². The van der Waals surface area contributed by atoms with Gasteiger partial charge in [0.1, 0.15) is 0 Å². The van der Waals surface area contributed by atoms with Crippen LogP contribution in [-0.2, 0) is 22.7 Å². The van der Waals surface area contributed by atoms with Crippen molar-refractivity contribution in [3.63, 3.8) is 0 Å². The van der Waals surface area contributed by atoms with Crippen LogP contribution >= 0.6 is 11.6 Å². The lowest BCUT2D eigenvalue weighted by Gasteiger charge is -2.35. The summed E-state index contributed by atoms with van der Waals surface area (Å²) in [5.74, 6) is -1.25. The molecule has 0 unspecified atom stereocenters. The predicted octanol–water partition coefficient (Wildman–Crippen LogP) is 5.35. The maximum absolute atomic E-state index is 13.3. The topological polar surface area (TPSA) is 78.8 Å². The summed E-state index contributed by atoms with van der Waals surface area (Å²) in [5, 5.41) is 7.55. The summed E-state index contributed by atoms with van der Waals surface area (Å²) >= 11 is 6.39. The van der Waals surface area contributed by atoms with Gasteiger partial charge in [-0.05, 0) is 34.5 Å². The summed E-state index contributed by atoms with van der Waals surface area (Å²) in [6.07, 6.45) is 1.90. The van der Waals surface area contributed by atoms with Crippen LogP contribution in [0.3, 0.4) is 0 Å². The Morgan fingerprint density at radius 1 is 0.773 bits per heavy atom. The Hall–Kier alpha value is -4.95. The minimum absolute atomic E-state index is 0.0754. The molecule has 5 aromatic rings. The molecule has 1 aliphatic heterocycles. The van der Waals surface area contributed by atoms with E-state index in [4.69, 9.17) is 16.7 Å². The minimum Gasteiger partial charge on any atom is -0.335 e. The summed E-state index contributed by atoms with van der Waals surface area (Å²) in [5.41, 5.74) is 4.02. The van der Waals surface area contributed by atoms with E-state index in [9.17, 15) is 14.4 Å². The molecule has 0 atom stereocenters. The van der Waals surface area contributed by atoms with Gasteiger partial charge >= 0.3 is 11.8 Å². The summed E-state index contributed by atoms with van der Waals surface area (Å²) in [6.45, 7) is 1.99. The van der Waals surface area contributed by atoms with E-state index >= 15 is 0 Å². The largest absolute Gasteiger partial charge is 0.335 e. The molecule has 1 aromatic heterocycles. The van der Waals surface area contributed by atoms with Crippen molar-refractivity contribution < 1.29 is 14.4 Å². The summed E-state index contributed by atoms with van der Waals surface area (Å²) in [7, 11) is 1.62. The van der Waals surface area contributed by atoms with Gasteiger partial charge in [-0.1, -0.05) is 90.5 Å². The lowest BCUT2D eigenvalue weighted by atomic mass is 10.1. The molecular formula is C35H32ClN5O3. The van der Waals surface area contributed by atoms with Crippen molar-refractivity contribution in [3.05, 3.63) is 125 Å². The number of aromatic nitrogens is 2. The number of amides is 3. The third kappa shape index (κ3) is 6.21. The fourth-order valence-electron chi connectivity index (χ4n) is 5.54. The van der Waals surface area contributed by atoms with E-state index in [-0.39, 0.29) is 12.5 Å². The first-order valence-electron chi connectivity index (χ1n) is 14.5. The van der Waals surface area contributed by atoms with Crippen molar-refractivity contribution in [2.45, 2.75) is 13.1 Å². The Balaban J connectivity index is 1.11. The van der Waals surface area contributed by atoms with Crippen molar-refractivity contribution in [2.24, 2.45) is 0 Å². The van der Waals surface area contributed by atoms with Crippen LogP contribution in [0.1, 0.15) is 21.5 Å². The van der Waals surface area contributed by atoms with Crippen LogP contribution in [0.15, 0.2) is 103 Å². The molecule has 222 valence electrons. The van der Waals surface area contributed by atoms with Gasteiger partial charge in [0.2, 0.25) is 0 Å². The number of carbonyl (C=O) groups is 3. The van der Waals surface area contributed by atoms with Gasteiger partial charge in [-0.3, -0.25) is 19.1 Å². The number of benzene rings is 4. The van der Waals surface area contributed by atoms with E-state index in [1.165, 1.54) is 9.80 Å². The van der Waals surface area contributed by atoms with Crippen molar-refractivity contribution in [1.82, 2.24) is 24.5 Å². The average molecular weight is 606 g/mol. The molecule has 2 heterocycles. The third-order valence-corrected chi connectivity index (χ3v) is 8.33.